The van der Waals surface area contributed by atoms with Gasteiger partial charge in [-0.1, -0.05) is 38.5 Å². The summed E-state index contributed by atoms with van der Waals surface area (Å²) in [7, 11) is 0. The monoisotopic (exact) mass is 286 g/mol. The third-order valence-electron chi connectivity index (χ3n) is 3.53. The summed E-state index contributed by atoms with van der Waals surface area (Å²) in [5.41, 5.74) is 1.99. The van der Waals surface area contributed by atoms with Crippen molar-refractivity contribution in [2.45, 2.75) is 46.1 Å². The molecule has 1 N–H and O–H groups in total. The fraction of sp³-hybridized carbons (Fsp3) is 0.500. The van der Waals surface area contributed by atoms with Crippen molar-refractivity contribution < 1.29 is 4.74 Å². The second-order valence-corrected chi connectivity index (χ2v) is 5.51. The van der Waals surface area contributed by atoms with Crippen molar-refractivity contribution in [2.24, 2.45) is 0 Å². The van der Waals surface area contributed by atoms with E-state index in [1.54, 1.807) is 0 Å². The maximum Gasteiger partial charge on any atom is 0.146 e. The standard InChI is InChI=1S/C18H26N2O/c1-4-7-16(13-19-12-5-2)21-17-9-6-8-15-11-10-14(3)20-18(15)17/h6,8-11,16,19H,4-5,7,12-13H2,1-3H3. The van der Waals surface area contributed by atoms with Gasteiger partial charge in [0, 0.05) is 17.6 Å². The second-order valence-electron chi connectivity index (χ2n) is 5.51. The van der Waals surface area contributed by atoms with E-state index in [1.807, 2.05) is 25.1 Å². The summed E-state index contributed by atoms with van der Waals surface area (Å²) in [5, 5.41) is 4.59. The van der Waals surface area contributed by atoms with Gasteiger partial charge in [0.2, 0.25) is 0 Å². The van der Waals surface area contributed by atoms with E-state index in [4.69, 9.17) is 4.74 Å². The van der Waals surface area contributed by atoms with Crippen molar-refractivity contribution in [1.82, 2.24) is 10.3 Å². The molecule has 3 nitrogen and oxygen atoms in total. The highest BCUT2D eigenvalue weighted by atomic mass is 16.5. The molecule has 0 saturated heterocycles. The molecule has 1 unspecified atom stereocenters. The van der Waals surface area contributed by atoms with Crippen LogP contribution in [0.5, 0.6) is 5.75 Å². The summed E-state index contributed by atoms with van der Waals surface area (Å²) in [4.78, 5) is 4.64. The number of hydrogen-bond donors (Lipinski definition) is 1. The Kier molecular flexibility index (Phi) is 6.00. The second kappa shape index (κ2) is 7.99. The number of hydrogen-bond acceptors (Lipinski definition) is 3. The van der Waals surface area contributed by atoms with Gasteiger partial charge in [0.15, 0.2) is 0 Å². The summed E-state index contributed by atoms with van der Waals surface area (Å²) in [6, 6.07) is 10.3. The van der Waals surface area contributed by atoms with E-state index in [1.165, 1.54) is 0 Å². The van der Waals surface area contributed by atoms with Crippen molar-refractivity contribution in [1.29, 1.82) is 0 Å². The molecule has 21 heavy (non-hydrogen) atoms. The zero-order valence-corrected chi connectivity index (χ0v) is 13.4. The van der Waals surface area contributed by atoms with Crippen LogP contribution in [0.2, 0.25) is 0 Å². The fourth-order valence-electron chi connectivity index (χ4n) is 2.46. The van der Waals surface area contributed by atoms with Crippen molar-refractivity contribution in [3.63, 3.8) is 0 Å². The topological polar surface area (TPSA) is 34.1 Å². The molecular formula is C18H26N2O. The van der Waals surface area contributed by atoms with Crippen molar-refractivity contribution in [3.8, 4) is 5.75 Å². The zero-order chi connectivity index (χ0) is 15.1. The number of nitrogens with zero attached hydrogens (tertiary/aromatic N) is 1. The van der Waals surface area contributed by atoms with Gasteiger partial charge in [0.1, 0.15) is 17.4 Å². The molecule has 114 valence electrons. The fourth-order valence-corrected chi connectivity index (χ4v) is 2.46. The molecule has 2 aromatic rings. The Balaban J connectivity index is 2.17. The number of aromatic nitrogens is 1. The average molecular weight is 286 g/mol. The number of nitrogens with one attached hydrogen (secondary N) is 1. The van der Waals surface area contributed by atoms with Gasteiger partial charge in [-0.25, -0.2) is 4.98 Å². The largest absolute Gasteiger partial charge is 0.487 e. The van der Waals surface area contributed by atoms with Crippen LogP contribution in [0.3, 0.4) is 0 Å². The van der Waals surface area contributed by atoms with Gasteiger partial charge in [0.05, 0.1) is 0 Å². The van der Waals surface area contributed by atoms with Crippen molar-refractivity contribution in [2.75, 3.05) is 13.1 Å². The number of aryl methyl sites for hydroxylation is 1. The molecule has 2 rings (SSSR count). The van der Waals surface area contributed by atoms with Crippen LogP contribution in [0.4, 0.5) is 0 Å². The van der Waals surface area contributed by atoms with Gasteiger partial charge in [-0.3, -0.25) is 0 Å². The molecule has 0 saturated carbocycles. The molecule has 1 atom stereocenters. The van der Waals surface area contributed by atoms with Crippen LogP contribution in [0.15, 0.2) is 30.3 Å². The number of fused-ring (bicyclic) bond motifs is 1. The predicted octanol–water partition coefficient (Wildman–Crippen LogP) is 4.09. The Morgan fingerprint density at radius 1 is 1.14 bits per heavy atom. The van der Waals surface area contributed by atoms with Crippen LogP contribution in [0, 0.1) is 6.92 Å². The highest BCUT2D eigenvalue weighted by molar-refractivity contribution is 5.84. The Hall–Kier alpha value is -1.61. The molecule has 1 heterocycles. The van der Waals surface area contributed by atoms with E-state index < -0.39 is 0 Å². The van der Waals surface area contributed by atoms with Crippen LogP contribution in [0.25, 0.3) is 10.9 Å². The quantitative estimate of drug-likeness (QED) is 0.742. The summed E-state index contributed by atoms with van der Waals surface area (Å²) < 4.78 is 6.24. The maximum atomic E-state index is 6.24. The third kappa shape index (κ3) is 4.43. The lowest BCUT2D eigenvalue weighted by molar-refractivity contribution is 0.188. The van der Waals surface area contributed by atoms with Crippen molar-refractivity contribution >= 4 is 10.9 Å². The lowest BCUT2D eigenvalue weighted by Gasteiger charge is -2.20. The van der Waals surface area contributed by atoms with E-state index in [2.05, 4.69) is 36.3 Å². The molecule has 0 amide bonds. The molecule has 0 aliphatic carbocycles. The van der Waals surface area contributed by atoms with E-state index in [9.17, 15) is 0 Å². The Morgan fingerprint density at radius 3 is 2.76 bits per heavy atom. The first-order valence-corrected chi connectivity index (χ1v) is 7.98. The number of para-hydroxylation sites is 1. The molecule has 0 bridgehead atoms. The summed E-state index contributed by atoms with van der Waals surface area (Å²) in [6.45, 7) is 8.32. The van der Waals surface area contributed by atoms with Crippen LogP contribution in [-0.4, -0.2) is 24.2 Å². The van der Waals surface area contributed by atoms with Crippen LogP contribution in [-0.2, 0) is 0 Å². The van der Waals surface area contributed by atoms with Gasteiger partial charge >= 0.3 is 0 Å². The number of ether oxygens (including phenoxy) is 1. The number of rotatable bonds is 8. The lowest BCUT2D eigenvalue weighted by Crippen LogP contribution is -2.31. The minimum atomic E-state index is 0.203. The Bertz CT molecular complexity index is 568. The van der Waals surface area contributed by atoms with Gasteiger partial charge in [-0.15, -0.1) is 0 Å². The maximum absolute atomic E-state index is 6.24. The van der Waals surface area contributed by atoms with E-state index in [0.717, 1.165) is 54.7 Å². The highest BCUT2D eigenvalue weighted by Gasteiger charge is 2.12. The first-order chi connectivity index (χ1) is 10.2. The molecule has 0 fully saturated rings. The summed E-state index contributed by atoms with van der Waals surface area (Å²) in [5.74, 6) is 0.896. The van der Waals surface area contributed by atoms with Gasteiger partial charge in [-0.05, 0) is 38.4 Å². The summed E-state index contributed by atoms with van der Waals surface area (Å²) in [6.07, 6.45) is 3.53. The normalized spacial score (nSPS) is 12.5. The molecule has 0 radical (unpaired) electrons. The van der Waals surface area contributed by atoms with Gasteiger partial charge in [0.25, 0.3) is 0 Å². The molecular weight excluding hydrogens is 260 g/mol. The van der Waals surface area contributed by atoms with Gasteiger partial charge in [-0.2, -0.15) is 0 Å². The molecule has 0 aliphatic rings. The van der Waals surface area contributed by atoms with Crippen LogP contribution >= 0.6 is 0 Å². The number of benzene rings is 1. The first-order valence-electron chi connectivity index (χ1n) is 7.98. The van der Waals surface area contributed by atoms with Crippen LogP contribution < -0.4 is 10.1 Å². The number of pyridine rings is 1. The van der Waals surface area contributed by atoms with E-state index in [-0.39, 0.29) is 6.10 Å². The SMILES string of the molecule is CCCNCC(CCC)Oc1cccc2ccc(C)nc12. The van der Waals surface area contributed by atoms with Crippen molar-refractivity contribution in [3.05, 3.63) is 36.0 Å². The van der Waals surface area contributed by atoms with Gasteiger partial charge < -0.3 is 10.1 Å². The van der Waals surface area contributed by atoms with E-state index in [0.29, 0.717) is 0 Å². The molecule has 1 aromatic heterocycles. The Morgan fingerprint density at radius 2 is 2.00 bits per heavy atom. The molecule has 1 aromatic carbocycles. The molecule has 0 spiro atoms. The average Bonchev–Trinajstić information content (AvgIpc) is 2.48. The lowest BCUT2D eigenvalue weighted by atomic mass is 10.1. The molecule has 0 aliphatic heterocycles. The minimum absolute atomic E-state index is 0.203. The smallest absolute Gasteiger partial charge is 0.146 e. The van der Waals surface area contributed by atoms with Crippen LogP contribution in [0.1, 0.15) is 38.8 Å². The highest BCUT2D eigenvalue weighted by Crippen LogP contribution is 2.25. The first kappa shape index (κ1) is 15.8. The molecule has 3 heteroatoms. The minimum Gasteiger partial charge on any atom is -0.487 e. The third-order valence-corrected chi connectivity index (χ3v) is 3.53. The van der Waals surface area contributed by atoms with E-state index >= 15 is 0 Å². The summed E-state index contributed by atoms with van der Waals surface area (Å²) >= 11 is 0. The Labute approximate surface area is 127 Å². The predicted molar refractivity (Wildman–Crippen MR) is 89.0 cm³/mol. The zero-order valence-electron chi connectivity index (χ0n) is 13.4.